The molecule has 0 amide bonds. The summed E-state index contributed by atoms with van der Waals surface area (Å²) in [5.41, 5.74) is 12.8. The molecule has 0 heterocycles. The van der Waals surface area contributed by atoms with Crippen LogP contribution in [0.15, 0.2) is 24.3 Å². The number of benzene rings is 2. The van der Waals surface area contributed by atoms with Crippen molar-refractivity contribution in [2.24, 2.45) is 5.41 Å². The topological polar surface area (TPSA) is 136 Å². The van der Waals surface area contributed by atoms with E-state index in [0.29, 0.717) is 24.9 Å². The van der Waals surface area contributed by atoms with Crippen molar-refractivity contribution >= 4 is 159 Å². The van der Waals surface area contributed by atoms with Crippen molar-refractivity contribution in [1.29, 1.82) is 0 Å². The molecule has 0 aliphatic rings. The van der Waals surface area contributed by atoms with Crippen molar-refractivity contribution in [3.8, 4) is 5.75 Å². The summed E-state index contributed by atoms with van der Waals surface area (Å²) in [7, 11) is 0. The van der Waals surface area contributed by atoms with Crippen molar-refractivity contribution in [3.05, 3.63) is 51.3 Å². The van der Waals surface area contributed by atoms with Gasteiger partial charge in [0.1, 0.15) is 5.41 Å². The molecule has 2 aromatic rings. The maximum absolute atomic E-state index is 14.6. The summed E-state index contributed by atoms with van der Waals surface area (Å²) in [6.07, 6.45) is 17.9. The van der Waals surface area contributed by atoms with Gasteiger partial charge in [0.25, 0.3) is 0 Å². The lowest BCUT2D eigenvalue weighted by molar-refractivity contribution is -0.157. The van der Waals surface area contributed by atoms with E-state index in [9.17, 15) is 19.8 Å². The first-order valence-corrected chi connectivity index (χ1v) is 23.8. The minimum atomic E-state index is -1.80. The predicted molar refractivity (Wildman–Crippen MR) is 257 cm³/mol. The third-order valence-electron chi connectivity index (χ3n) is 9.07. The maximum atomic E-state index is 14.6. The van der Waals surface area contributed by atoms with E-state index in [0.717, 1.165) is 58.4 Å². The number of carbonyl (C=O) groups is 2. The number of ether oxygens (including phenoxy) is 1. The van der Waals surface area contributed by atoms with Crippen LogP contribution in [0.3, 0.4) is 0 Å². The van der Waals surface area contributed by atoms with Crippen LogP contribution < -0.4 is 16.2 Å². The normalized spacial score (nSPS) is 14.1. The zero-order chi connectivity index (χ0) is 37.4. The van der Waals surface area contributed by atoms with Crippen molar-refractivity contribution in [2.75, 3.05) is 18.1 Å². The molecule has 2 rings (SSSR count). The summed E-state index contributed by atoms with van der Waals surface area (Å²) in [6, 6.07) is 3.76. The molecule has 280 valence electrons. The van der Waals surface area contributed by atoms with E-state index >= 15 is 0 Å². The second-order valence-corrected chi connectivity index (χ2v) is 19.6. The van der Waals surface area contributed by atoms with Crippen molar-refractivity contribution in [2.45, 2.75) is 122 Å². The molecule has 0 aliphatic heterocycles. The quantitative estimate of drug-likeness (QED) is 0.0165. The fourth-order valence-corrected chi connectivity index (χ4v) is 13.9. The van der Waals surface area contributed by atoms with Gasteiger partial charge in [0.2, 0.25) is 0 Å². The molecule has 2 aromatic carbocycles. The molecule has 0 aromatic heterocycles. The molecule has 3 atom stereocenters. The number of hydrogen-bond acceptors (Lipinski definition) is 7. The molecular weight excluding hydrogens is 1310 g/mol. The Kier molecular flexibility index (Phi) is 23.4. The summed E-state index contributed by atoms with van der Waals surface area (Å²) in [5.74, 6) is -1.52. The number of nitrogens with two attached hydrogens (primary N) is 2. The summed E-state index contributed by atoms with van der Waals surface area (Å²) >= 11 is 12.9. The van der Waals surface area contributed by atoms with Gasteiger partial charge in [-0.2, -0.15) is 0 Å². The number of aliphatic hydroxyl groups excluding tert-OH is 2. The number of allylic oxidation sites excluding steroid dienone is 2. The lowest BCUT2D eigenvalue weighted by Gasteiger charge is -2.38. The molecule has 7 nitrogen and oxygen atoms in total. The van der Waals surface area contributed by atoms with Gasteiger partial charge in [-0.25, -0.2) is 0 Å². The molecule has 0 saturated heterocycles. The van der Waals surface area contributed by atoms with Crippen LogP contribution in [0.4, 0.5) is 11.4 Å². The van der Waals surface area contributed by atoms with Gasteiger partial charge in [-0.15, -0.1) is 0 Å². The average Bonchev–Trinajstić information content (AvgIpc) is 3.08. The van der Waals surface area contributed by atoms with Gasteiger partial charge < -0.3 is 26.4 Å². The molecule has 0 aliphatic carbocycles. The number of anilines is 2. The van der Waals surface area contributed by atoms with Gasteiger partial charge in [-0.05, 0) is 192 Å². The molecule has 0 saturated carbocycles. The lowest BCUT2D eigenvalue weighted by Crippen LogP contribution is -2.49. The largest absolute Gasteiger partial charge is 0.423 e. The number of nitrogen functional groups attached to an aromatic ring is 2. The van der Waals surface area contributed by atoms with Crippen LogP contribution in [0.2, 0.25) is 0 Å². The fourth-order valence-electron chi connectivity index (χ4n) is 6.05. The Labute approximate surface area is 380 Å². The van der Waals surface area contributed by atoms with Crippen LogP contribution in [0.25, 0.3) is 0 Å². The first-order chi connectivity index (χ1) is 23.7. The number of halogens is 6. The minimum absolute atomic E-state index is 0.145. The molecule has 0 spiro atoms. The standard InChI is InChI=1S/C37H50I6N2O5/c1-3-4-5-6-7-8-9-10-11-12-13-14-15-16-17-18-29(48)37(21-24(47)22-46,23(2)30-25(38)19-26(39)33(44)31(30)42)36(49)50-35-28(41)20-27(40)34(45)32(35)43/h10-11,19-20,23-24,46-47H,3-9,12-18,21-22,44-45H2,1-2H3. The van der Waals surface area contributed by atoms with Crippen molar-refractivity contribution < 1.29 is 24.5 Å². The number of ketones is 1. The monoisotopic (exact) mass is 1360 g/mol. The maximum Gasteiger partial charge on any atom is 0.325 e. The van der Waals surface area contributed by atoms with Crippen LogP contribution >= 0.6 is 136 Å². The fraction of sp³-hybridized carbons (Fsp3) is 0.568. The Morgan fingerprint density at radius 3 is 1.84 bits per heavy atom. The van der Waals surface area contributed by atoms with E-state index in [1.54, 1.807) is 0 Å². The van der Waals surface area contributed by atoms with E-state index in [4.69, 9.17) is 16.2 Å². The predicted octanol–water partition coefficient (Wildman–Crippen LogP) is 11.5. The molecular formula is C37H50I6N2O5. The van der Waals surface area contributed by atoms with Gasteiger partial charge in [-0.1, -0.05) is 77.4 Å². The van der Waals surface area contributed by atoms with Crippen LogP contribution in [0, 0.1) is 26.8 Å². The number of hydrogen-bond donors (Lipinski definition) is 4. The smallest absolute Gasteiger partial charge is 0.325 e. The zero-order valence-electron chi connectivity index (χ0n) is 28.8. The first kappa shape index (κ1) is 47.4. The van der Waals surface area contributed by atoms with Crippen molar-refractivity contribution in [3.63, 3.8) is 0 Å². The molecule has 50 heavy (non-hydrogen) atoms. The summed E-state index contributed by atoms with van der Waals surface area (Å²) < 4.78 is 10.7. The molecule has 0 fully saturated rings. The van der Waals surface area contributed by atoms with E-state index in [-0.39, 0.29) is 24.4 Å². The highest BCUT2D eigenvalue weighted by Crippen LogP contribution is 2.48. The van der Waals surface area contributed by atoms with Crippen LogP contribution in [0.5, 0.6) is 5.75 Å². The molecule has 3 unspecified atom stereocenters. The molecule has 0 bridgehead atoms. The number of carbonyl (C=O) groups excluding carboxylic acids is 2. The Morgan fingerprint density at radius 2 is 1.28 bits per heavy atom. The molecule has 6 N–H and O–H groups in total. The zero-order valence-corrected chi connectivity index (χ0v) is 41.8. The first-order valence-electron chi connectivity index (χ1n) is 17.3. The van der Waals surface area contributed by atoms with Gasteiger partial charge in [-0.3, -0.25) is 9.59 Å². The Balaban J connectivity index is 2.28. The Bertz CT molecular complexity index is 1460. The Hall–Kier alpha value is 1.22. The van der Waals surface area contributed by atoms with Crippen molar-refractivity contribution in [1.82, 2.24) is 0 Å². The van der Waals surface area contributed by atoms with Gasteiger partial charge in [0.15, 0.2) is 11.5 Å². The summed E-state index contributed by atoms with van der Waals surface area (Å²) in [6.45, 7) is 3.47. The number of aliphatic hydroxyl groups is 2. The van der Waals surface area contributed by atoms with E-state index in [2.05, 4.69) is 155 Å². The highest BCUT2D eigenvalue weighted by molar-refractivity contribution is 14.1. The number of unbranched alkanes of at least 4 members (excludes halogenated alkanes) is 11. The number of rotatable bonds is 23. The van der Waals surface area contributed by atoms with Gasteiger partial charge in [0.05, 0.1) is 31.2 Å². The summed E-state index contributed by atoms with van der Waals surface area (Å²) in [5, 5.41) is 20.9. The van der Waals surface area contributed by atoms with Crippen LogP contribution in [-0.2, 0) is 9.59 Å². The minimum Gasteiger partial charge on any atom is -0.423 e. The number of Topliss-reactive ketones (excluding diaryl/α,β-unsaturated/α-hetero) is 1. The van der Waals surface area contributed by atoms with Crippen LogP contribution in [0.1, 0.15) is 122 Å². The third-order valence-corrected chi connectivity index (χ3v) is 14.8. The van der Waals surface area contributed by atoms with Gasteiger partial charge in [0, 0.05) is 26.6 Å². The number of esters is 1. The van der Waals surface area contributed by atoms with E-state index in [1.807, 2.05) is 19.1 Å². The van der Waals surface area contributed by atoms with E-state index in [1.165, 1.54) is 38.5 Å². The summed E-state index contributed by atoms with van der Waals surface area (Å²) in [4.78, 5) is 29.2. The highest BCUT2D eigenvalue weighted by atomic mass is 127. The second-order valence-electron chi connectivity index (χ2n) is 12.8. The second kappa shape index (κ2) is 24.7. The highest BCUT2D eigenvalue weighted by Gasteiger charge is 2.54. The Morgan fingerprint density at radius 1 is 0.780 bits per heavy atom. The van der Waals surface area contributed by atoms with Crippen LogP contribution in [-0.4, -0.2) is 34.7 Å². The SMILES string of the molecule is CCCCCCCCC=CCCCCCCCC(=O)C(CC(O)CO)(C(=O)Oc1c(I)cc(I)c(N)c1I)C(C)c1c(I)cc(I)c(N)c1I. The average molecular weight is 1360 g/mol. The van der Waals surface area contributed by atoms with E-state index < -0.39 is 30.0 Å². The molecule has 0 radical (unpaired) electrons. The lowest BCUT2D eigenvalue weighted by atomic mass is 9.65. The molecule has 13 heteroatoms. The third kappa shape index (κ3) is 13.8. The van der Waals surface area contributed by atoms with Gasteiger partial charge >= 0.3 is 5.97 Å².